The van der Waals surface area contributed by atoms with Gasteiger partial charge in [0, 0.05) is 24.0 Å². The van der Waals surface area contributed by atoms with Crippen molar-refractivity contribution in [3.8, 4) is 0 Å². The smallest absolute Gasteiger partial charge is 0.0471 e. The Hall–Kier alpha value is -0.570. The predicted molar refractivity (Wildman–Crippen MR) is 73.8 cm³/mol. The summed E-state index contributed by atoms with van der Waals surface area (Å²) >= 11 is 6.39. The lowest BCUT2D eigenvalue weighted by Crippen LogP contribution is -2.40. The normalized spacial score (nSPS) is 15.9. The first-order valence-corrected chi connectivity index (χ1v) is 6.80. The molecule has 0 spiro atoms. The van der Waals surface area contributed by atoms with Crippen molar-refractivity contribution in [1.29, 1.82) is 0 Å². The zero-order valence-electron chi connectivity index (χ0n) is 10.4. The van der Waals surface area contributed by atoms with E-state index in [2.05, 4.69) is 24.4 Å². The van der Waals surface area contributed by atoms with Crippen molar-refractivity contribution < 1.29 is 0 Å². The van der Waals surface area contributed by atoms with Gasteiger partial charge in [-0.05, 0) is 49.4 Å². The summed E-state index contributed by atoms with van der Waals surface area (Å²) < 4.78 is 0. The number of aryl methyl sites for hydroxylation is 2. The second kappa shape index (κ2) is 5.85. The van der Waals surface area contributed by atoms with Crippen molar-refractivity contribution in [3.63, 3.8) is 0 Å². The highest BCUT2D eigenvalue weighted by Crippen LogP contribution is 2.31. The lowest BCUT2D eigenvalue weighted by atomic mass is 9.90. The fraction of sp³-hybridized carbons (Fsp3) is 0.571. The van der Waals surface area contributed by atoms with Crippen LogP contribution < -0.4 is 11.1 Å². The average molecular weight is 253 g/mol. The van der Waals surface area contributed by atoms with Crippen molar-refractivity contribution in [3.05, 3.63) is 33.8 Å². The van der Waals surface area contributed by atoms with Gasteiger partial charge in [-0.3, -0.25) is 0 Å². The number of rotatable bonds is 5. The Bertz CT molecular complexity index is 386. The van der Waals surface area contributed by atoms with Crippen LogP contribution in [0.4, 0.5) is 0 Å². The largest absolute Gasteiger partial charge is 0.330 e. The Morgan fingerprint density at radius 2 is 2.12 bits per heavy atom. The van der Waals surface area contributed by atoms with Crippen LogP contribution in [0.1, 0.15) is 35.4 Å². The van der Waals surface area contributed by atoms with E-state index < -0.39 is 0 Å². The number of nitrogens with one attached hydrogen (secondary N) is 1. The molecule has 3 N–H and O–H groups in total. The zero-order valence-corrected chi connectivity index (χ0v) is 11.2. The number of halogens is 1. The number of hydrogen-bond acceptors (Lipinski definition) is 2. The molecule has 1 aliphatic rings. The van der Waals surface area contributed by atoms with Crippen LogP contribution in [0.15, 0.2) is 12.1 Å². The molecule has 0 bridgehead atoms. The molecule has 0 radical (unpaired) electrons. The Balaban J connectivity index is 2.13. The molecule has 0 amide bonds. The van der Waals surface area contributed by atoms with Gasteiger partial charge in [0.05, 0.1) is 0 Å². The molecule has 3 heteroatoms. The van der Waals surface area contributed by atoms with Gasteiger partial charge in [0.1, 0.15) is 0 Å². The van der Waals surface area contributed by atoms with Crippen molar-refractivity contribution in [2.45, 2.75) is 32.1 Å². The maximum Gasteiger partial charge on any atom is 0.0471 e. The maximum atomic E-state index is 6.39. The summed E-state index contributed by atoms with van der Waals surface area (Å²) in [6, 6.07) is 4.51. The van der Waals surface area contributed by atoms with Crippen molar-refractivity contribution in [1.82, 2.24) is 5.32 Å². The molecule has 1 saturated heterocycles. The lowest BCUT2D eigenvalue weighted by Gasteiger charge is -2.29. The Kier molecular flexibility index (Phi) is 4.43. The highest BCUT2D eigenvalue weighted by molar-refractivity contribution is 6.32. The standard InChI is InChI=1S/C14H21ClN2/c1-10-6-11(4-2-3-5-16)7-13(14(10)15)12-8-17-9-12/h6-7,12,17H,2-5,8-9,16H2,1H3. The van der Waals surface area contributed by atoms with Crippen LogP contribution in [-0.2, 0) is 6.42 Å². The van der Waals surface area contributed by atoms with Gasteiger partial charge in [-0.25, -0.2) is 0 Å². The number of unbranched alkanes of at least 4 members (excludes halogenated alkanes) is 1. The molecule has 1 aromatic rings. The molecule has 0 unspecified atom stereocenters. The highest BCUT2D eigenvalue weighted by atomic mass is 35.5. The van der Waals surface area contributed by atoms with Crippen LogP contribution in [0, 0.1) is 6.92 Å². The molecule has 0 atom stereocenters. The van der Waals surface area contributed by atoms with Crippen LogP contribution >= 0.6 is 11.6 Å². The van der Waals surface area contributed by atoms with Gasteiger partial charge in [0.2, 0.25) is 0 Å². The zero-order chi connectivity index (χ0) is 12.3. The summed E-state index contributed by atoms with van der Waals surface area (Å²) in [5.41, 5.74) is 9.47. The molecule has 0 saturated carbocycles. The summed E-state index contributed by atoms with van der Waals surface area (Å²) in [6.07, 6.45) is 3.38. The summed E-state index contributed by atoms with van der Waals surface area (Å²) in [5.74, 6) is 0.607. The van der Waals surface area contributed by atoms with E-state index in [1.807, 2.05) is 0 Å². The van der Waals surface area contributed by atoms with E-state index in [0.717, 1.165) is 37.5 Å². The minimum absolute atomic E-state index is 0.607. The lowest BCUT2D eigenvalue weighted by molar-refractivity contribution is 0.448. The number of benzene rings is 1. The third-order valence-corrected chi connectivity index (χ3v) is 4.00. The second-order valence-corrected chi connectivity index (χ2v) is 5.29. The molecule has 0 aliphatic carbocycles. The van der Waals surface area contributed by atoms with Crippen LogP contribution in [-0.4, -0.2) is 19.6 Å². The van der Waals surface area contributed by atoms with Gasteiger partial charge in [-0.15, -0.1) is 0 Å². The molecule has 1 fully saturated rings. The fourth-order valence-corrected chi connectivity index (χ4v) is 2.56. The highest BCUT2D eigenvalue weighted by Gasteiger charge is 2.22. The van der Waals surface area contributed by atoms with Gasteiger partial charge >= 0.3 is 0 Å². The summed E-state index contributed by atoms with van der Waals surface area (Å²) in [4.78, 5) is 0. The van der Waals surface area contributed by atoms with Crippen molar-refractivity contribution in [2.75, 3.05) is 19.6 Å². The monoisotopic (exact) mass is 252 g/mol. The minimum atomic E-state index is 0.607. The molecule has 1 aromatic carbocycles. The maximum absolute atomic E-state index is 6.39. The Morgan fingerprint density at radius 3 is 2.71 bits per heavy atom. The van der Waals surface area contributed by atoms with E-state index in [0.29, 0.717) is 5.92 Å². The van der Waals surface area contributed by atoms with E-state index in [4.69, 9.17) is 17.3 Å². The molecule has 2 nitrogen and oxygen atoms in total. The quantitative estimate of drug-likeness (QED) is 0.791. The van der Waals surface area contributed by atoms with E-state index >= 15 is 0 Å². The van der Waals surface area contributed by atoms with Gasteiger partial charge in [-0.2, -0.15) is 0 Å². The van der Waals surface area contributed by atoms with E-state index in [1.165, 1.54) is 23.1 Å². The van der Waals surface area contributed by atoms with E-state index in [-0.39, 0.29) is 0 Å². The first kappa shape index (κ1) is 12.9. The molecule has 94 valence electrons. The average Bonchev–Trinajstić information content (AvgIpc) is 2.23. The third-order valence-electron chi connectivity index (χ3n) is 3.48. The predicted octanol–water partition coefficient (Wildman–Crippen LogP) is 2.62. The number of hydrogen-bond donors (Lipinski definition) is 2. The molecule has 17 heavy (non-hydrogen) atoms. The van der Waals surface area contributed by atoms with Crippen LogP contribution in [0.2, 0.25) is 5.02 Å². The van der Waals surface area contributed by atoms with Crippen LogP contribution in [0.5, 0.6) is 0 Å². The first-order chi connectivity index (χ1) is 8.22. The molecular weight excluding hydrogens is 232 g/mol. The minimum Gasteiger partial charge on any atom is -0.330 e. The summed E-state index contributed by atoms with van der Waals surface area (Å²) in [6.45, 7) is 5.01. The molecule has 2 rings (SSSR count). The van der Waals surface area contributed by atoms with Gasteiger partial charge in [-0.1, -0.05) is 23.7 Å². The van der Waals surface area contributed by atoms with Crippen molar-refractivity contribution >= 4 is 11.6 Å². The SMILES string of the molecule is Cc1cc(CCCCN)cc(C2CNC2)c1Cl. The molecular formula is C14H21ClN2. The summed E-state index contributed by atoms with van der Waals surface area (Å²) in [5, 5.41) is 4.26. The summed E-state index contributed by atoms with van der Waals surface area (Å²) in [7, 11) is 0. The van der Waals surface area contributed by atoms with Gasteiger partial charge < -0.3 is 11.1 Å². The molecule has 1 heterocycles. The Labute approximate surface area is 109 Å². The second-order valence-electron chi connectivity index (χ2n) is 4.92. The van der Waals surface area contributed by atoms with E-state index in [9.17, 15) is 0 Å². The fourth-order valence-electron chi connectivity index (χ4n) is 2.30. The van der Waals surface area contributed by atoms with Gasteiger partial charge in [0.25, 0.3) is 0 Å². The van der Waals surface area contributed by atoms with Gasteiger partial charge in [0.15, 0.2) is 0 Å². The third kappa shape index (κ3) is 3.01. The number of nitrogens with two attached hydrogens (primary N) is 1. The van der Waals surface area contributed by atoms with Crippen LogP contribution in [0.3, 0.4) is 0 Å². The van der Waals surface area contributed by atoms with Crippen LogP contribution in [0.25, 0.3) is 0 Å². The molecule has 0 aromatic heterocycles. The van der Waals surface area contributed by atoms with Crippen molar-refractivity contribution in [2.24, 2.45) is 5.73 Å². The first-order valence-electron chi connectivity index (χ1n) is 6.42. The van der Waals surface area contributed by atoms with E-state index in [1.54, 1.807) is 0 Å². The Morgan fingerprint density at radius 1 is 1.35 bits per heavy atom. The topological polar surface area (TPSA) is 38.0 Å². The molecule has 1 aliphatic heterocycles.